The van der Waals surface area contributed by atoms with Gasteiger partial charge >= 0.3 is 5.97 Å². The van der Waals surface area contributed by atoms with E-state index in [2.05, 4.69) is 10.6 Å². The normalized spacial score (nSPS) is 13.0. The van der Waals surface area contributed by atoms with Crippen molar-refractivity contribution in [2.75, 3.05) is 32.9 Å². The molecule has 0 aliphatic carbocycles. The highest BCUT2D eigenvalue weighted by atomic mass is 35.5. The fourth-order valence-electron chi connectivity index (χ4n) is 2.19. The summed E-state index contributed by atoms with van der Waals surface area (Å²) < 4.78 is 15.9. The first-order valence-corrected chi connectivity index (χ1v) is 8.84. The van der Waals surface area contributed by atoms with E-state index in [0.29, 0.717) is 41.8 Å². The van der Waals surface area contributed by atoms with Crippen LogP contribution in [0.1, 0.15) is 18.9 Å². The third kappa shape index (κ3) is 6.82. The van der Waals surface area contributed by atoms with Crippen molar-refractivity contribution in [2.24, 2.45) is 0 Å². The van der Waals surface area contributed by atoms with Crippen molar-refractivity contribution >= 4 is 35.5 Å². The standard InChI is InChI=1S/C18H21ClN2O6/c1-2-20-15(22)10-21-16(23)11-27-17(24)5-4-12-8-13(19)18-14(9-12)25-6-3-7-26-18/h4-5,8-9H,2-3,6-7,10-11H2,1H3,(H,20,22)(H,21,23)/b5-4+. The van der Waals surface area contributed by atoms with Gasteiger partial charge in [-0.3, -0.25) is 9.59 Å². The van der Waals surface area contributed by atoms with Gasteiger partial charge in [-0.1, -0.05) is 11.6 Å². The number of amides is 2. The summed E-state index contributed by atoms with van der Waals surface area (Å²) in [4.78, 5) is 34.5. The fourth-order valence-corrected chi connectivity index (χ4v) is 2.46. The minimum Gasteiger partial charge on any atom is -0.489 e. The third-order valence-corrected chi connectivity index (χ3v) is 3.68. The van der Waals surface area contributed by atoms with Gasteiger partial charge in [0.2, 0.25) is 5.91 Å². The summed E-state index contributed by atoms with van der Waals surface area (Å²) in [5, 5.41) is 5.26. The van der Waals surface area contributed by atoms with Gasteiger partial charge in [0.25, 0.3) is 5.91 Å². The van der Waals surface area contributed by atoms with Crippen LogP contribution in [-0.2, 0) is 19.1 Å². The summed E-state index contributed by atoms with van der Waals surface area (Å²) in [7, 11) is 0. The number of rotatable bonds is 7. The van der Waals surface area contributed by atoms with E-state index < -0.39 is 18.5 Å². The van der Waals surface area contributed by atoms with Crippen molar-refractivity contribution in [3.05, 3.63) is 28.8 Å². The first-order chi connectivity index (χ1) is 13.0. The van der Waals surface area contributed by atoms with Gasteiger partial charge in [0.1, 0.15) is 0 Å². The summed E-state index contributed by atoms with van der Waals surface area (Å²) in [6.45, 7) is 2.63. The number of hydrogen-bond donors (Lipinski definition) is 2. The molecule has 0 saturated carbocycles. The largest absolute Gasteiger partial charge is 0.489 e. The first-order valence-electron chi connectivity index (χ1n) is 8.47. The summed E-state index contributed by atoms with van der Waals surface area (Å²) in [6, 6.07) is 3.34. The van der Waals surface area contributed by atoms with Crippen LogP contribution in [0.15, 0.2) is 18.2 Å². The second-order valence-electron chi connectivity index (χ2n) is 5.55. The molecule has 0 radical (unpaired) electrons. The van der Waals surface area contributed by atoms with Crippen molar-refractivity contribution in [1.82, 2.24) is 10.6 Å². The molecule has 2 amide bonds. The number of likely N-dealkylation sites (N-methyl/N-ethyl adjacent to an activating group) is 1. The van der Waals surface area contributed by atoms with Crippen LogP contribution in [0.3, 0.4) is 0 Å². The van der Waals surface area contributed by atoms with Crippen molar-refractivity contribution in [3.63, 3.8) is 0 Å². The zero-order chi connectivity index (χ0) is 19.6. The van der Waals surface area contributed by atoms with Crippen molar-refractivity contribution < 1.29 is 28.6 Å². The zero-order valence-corrected chi connectivity index (χ0v) is 15.6. The molecule has 1 aromatic carbocycles. The van der Waals surface area contributed by atoms with Crippen LogP contribution in [0.2, 0.25) is 5.02 Å². The lowest BCUT2D eigenvalue weighted by molar-refractivity contribution is -0.143. The molecule has 0 aromatic heterocycles. The Morgan fingerprint density at radius 3 is 2.74 bits per heavy atom. The number of carbonyl (C=O) groups is 3. The lowest BCUT2D eigenvalue weighted by Gasteiger charge is -2.10. The molecule has 0 fully saturated rings. The number of fused-ring (bicyclic) bond motifs is 1. The number of esters is 1. The molecule has 1 aliphatic heterocycles. The maximum absolute atomic E-state index is 11.7. The Morgan fingerprint density at radius 1 is 1.19 bits per heavy atom. The lowest BCUT2D eigenvalue weighted by Crippen LogP contribution is -2.38. The Bertz CT molecular complexity index is 735. The predicted molar refractivity (Wildman–Crippen MR) is 98.7 cm³/mol. The summed E-state index contributed by atoms with van der Waals surface area (Å²) in [5.41, 5.74) is 0.627. The lowest BCUT2D eigenvalue weighted by atomic mass is 10.2. The molecule has 1 aromatic rings. The van der Waals surface area contributed by atoms with Crippen LogP contribution in [0.4, 0.5) is 0 Å². The quantitative estimate of drug-likeness (QED) is 0.532. The summed E-state index contributed by atoms with van der Waals surface area (Å²) in [5.74, 6) is -0.591. The molecule has 27 heavy (non-hydrogen) atoms. The number of nitrogens with one attached hydrogen (secondary N) is 2. The monoisotopic (exact) mass is 396 g/mol. The first kappa shape index (κ1) is 20.6. The van der Waals surface area contributed by atoms with Crippen LogP contribution in [0.25, 0.3) is 6.08 Å². The number of carbonyl (C=O) groups excluding carboxylic acids is 3. The zero-order valence-electron chi connectivity index (χ0n) is 14.9. The molecular formula is C18H21ClN2O6. The minimum absolute atomic E-state index is 0.171. The topological polar surface area (TPSA) is 103 Å². The summed E-state index contributed by atoms with van der Waals surface area (Å²) in [6.07, 6.45) is 3.42. The Morgan fingerprint density at radius 2 is 1.96 bits per heavy atom. The van der Waals surface area contributed by atoms with Crippen LogP contribution < -0.4 is 20.1 Å². The van der Waals surface area contributed by atoms with E-state index in [0.717, 1.165) is 6.42 Å². The van der Waals surface area contributed by atoms with Gasteiger partial charge in [-0.2, -0.15) is 0 Å². The number of halogens is 1. The molecule has 2 N–H and O–H groups in total. The van der Waals surface area contributed by atoms with Crippen molar-refractivity contribution in [3.8, 4) is 11.5 Å². The Hall–Kier alpha value is -2.74. The number of hydrogen-bond acceptors (Lipinski definition) is 6. The second kappa shape index (κ2) is 10.4. The van der Waals surface area contributed by atoms with E-state index in [-0.39, 0.29) is 12.5 Å². The van der Waals surface area contributed by atoms with Crippen LogP contribution in [0, 0.1) is 0 Å². The predicted octanol–water partition coefficient (Wildman–Crippen LogP) is 1.31. The molecule has 0 spiro atoms. The molecule has 0 atom stereocenters. The SMILES string of the molecule is CCNC(=O)CNC(=O)COC(=O)/C=C/c1cc(Cl)c2c(c1)OCCCO2. The van der Waals surface area contributed by atoms with Gasteiger partial charge < -0.3 is 24.8 Å². The molecule has 2 rings (SSSR count). The van der Waals surface area contributed by atoms with E-state index in [1.807, 2.05) is 0 Å². The van der Waals surface area contributed by atoms with Gasteiger partial charge in [-0.15, -0.1) is 0 Å². The molecule has 1 heterocycles. The Labute approximate surface area is 161 Å². The molecule has 0 bridgehead atoms. The van der Waals surface area contributed by atoms with E-state index in [9.17, 15) is 14.4 Å². The molecule has 146 valence electrons. The van der Waals surface area contributed by atoms with E-state index in [1.54, 1.807) is 19.1 Å². The smallest absolute Gasteiger partial charge is 0.331 e. The van der Waals surface area contributed by atoms with Gasteiger partial charge in [-0.25, -0.2) is 4.79 Å². The maximum Gasteiger partial charge on any atom is 0.331 e. The number of ether oxygens (including phenoxy) is 3. The van der Waals surface area contributed by atoms with Crippen LogP contribution >= 0.6 is 11.6 Å². The van der Waals surface area contributed by atoms with Gasteiger partial charge in [0, 0.05) is 19.0 Å². The van der Waals surface area contributed by atoms with Gasteiger partial charge in [-0.05, 0) is 30.7 Å². The minimum atomic E-state index is -0.702. The van der Waals surface area contributed by atoms with Gasteiger partial charge in [0.05, 0.1) is 24.8 Å². The second-order valence-corrected chi connectivity index (χ2v) is 5.96. The van der Waals surface area contributed by atoms with E-state index >= 15 is 0 Å². The highest BCUT2D eigenvalue weighted by molar-refractivity contribution is 6.32. The number of benzene rings is 1. The maximum atomic E-state index is 11.7. The molecule has 0 saturated heterocycles. The molecule has 1 aliphatic rings. The van der Waals surface area contributed by atoms with Crippen LogP contribution in [-0.4, -0.2) is 50.7 Å². The van der Waals surface area contributed by atoms with Crippen molar-refractivity contribution in [2.45, 2.75) is 13.3 Å². The van der Waals surface area contributed by atoms with Crippen molar-refractivity contribution in [1.29, 1.82) is 0 Å². The Balaban J connectivity index is 1.84. The highest BCUT2D eigenvalue weighted by Crippen LogP contribution is 2.38. The summed E-state index contributed by atoms with van der Waals surface area (Å²) >= 11 is 6.18. The molecule has 8 nitrogen and oxygen atoms in total. The highest BCUT2D eigenvalue weighted by Gasteiger charge is 2.15. The van der Waals surface area contributed by atoms with E-state index in [1.165, 1.54) is 12.2 Å². The molecule has 9 heteroatoms. The van der Waals surface area contributed by atoms with Gasteiger partial charge in [0.15, 0.2) is 18.1 Å². The van der Waals surface area contributed by atoms with E-state index in [4.69, 9.17) is 25.8 Å². The average Bonchev–Trinajstić information content (AvgIpc) is 2.89. The molecule has 0 unspecified atom stereocenters. The average molecular weight is 397 g/mol. The molecular weight excluding hydrogens is 376 g/mol. The Kier molecular flexibility index (Phi) is 7.94. The fraction of sp³-hybridized carbons (Fsp3) is 0.389. The third-order valence-electron chi connectivity index (χ3n) is 3.40. The van der Waals surface area contributed by atoms with Crippen LogP contribution in [0.5, 0.6) is 11.5 Å².